The van der Waals surface area contributed by atoms with Gasteiger partial charge in [0.25, 0.3) is 0 Å². The van der Waals surface area contributed by atoms with Crippen molar-refractivity contribution in [1.29, 1.82) is 0 Å². The first-order chi connectivity index (χ1) is 8.91. The molecule has 0 aromatic heterocycles. The predicted octanol–water partition coefficient (Wildman–Crippen LogP) is 2.50. The molecular weight excluding hydrogens is 242 g/mol. The molecule has 0 aromatic rings. The van der Waals surface area contributed by atoms with E-state index in [9.17, 15) is 4.79 Å². The van der Waals surface area contributed by atoms with E-state index >= 15 is 0 Å². The summed E-state index contributed by atoms with van der Waals surface area (Å²) < 4.78 is 10.9. The number of rotatable bonds is 7. The summed E-state index contributed by atoms with van der Waals surface area (Å²) in [5.41, 5.74) is 5.49. The van der Waals surface area contributed by atoms with Gasteiger partial charge in [-0.25, -0.2) is 0 Å². The van der Waals surface area contributed by atoms with Crippen LogP contribution >= 0.6 is 0 Å². The van der Waals surface area contributed by atoms with Crippen molar-refractivity contribution in [3.63, 3.8) is 0 Å². The fourth-order valence-electron chi connectivity index (χ4n) is 2.63. The van der Waals surface area contributed by atoms with Crippen LogP contribution in [0.5, 0.6) is 0 Å². The van der Waals surface area contributed by atoms with Crippen LogP contribution in [0.25, 0.3) is 0 Å². The highest BCUT2D eigenvalue weighted by Gasteiger charge is 2.46. The molecule has 4 heteroatoms. The van der Waals surface area contributed by atoms with E-state index < -0.39 is 5.54 Å². The lowest BCUT2D eigenvalue weighted by Gasteiger charge is -2.29. The Hall–Kier alpha value is -0.610. The highest BCUT2D eigenvalue weighted by Crippen LogP contribution is 2.37. The molecule has 0 radical (unpaired) electrons. The minimum absolute atomic E-state index is 0.186. The number of carbonyl (C=O) groups is 1. The van der Waals surface area contributed by atoms with Crippen LogP contribution < -0.4 is 5.73 Å². The van der Waals surface area contributed by atoms with Crippen LogP contribution in [0.3, 0.4) is 0 Å². The molecule has 3 unspecified atom stereocenters. The second-order valence-corrected chi connectivity index (χ2v) is 5.96. The van der Waals surface area contributed by atoms with Crippen LogP contribution in [0, 0.1) is 11.8 Å². The Labute approximate surface area is 117 Å². The molecule has 0 spiro atoms. The molecule has 112 valence electrons. The molecule has 1 fully saturated rings. The smallest absolute Gasteiger partial charge is 0.326 e. The normalized spacial score (nSPS) is 28.6. The monoisotopic (exact) mass is 271 g/mol. The van der Waals surface area contributed by atoms with Gasteiger partial charge in [-0.05, 0) is 44.9 Å². The summed E-state index contributed by atoms with van der Waals surface area (Å²) in [6, 6.07) is 0. The standard InChI is InChI=1S/C15H29NO3/c1-5-18-14(17)15(16)9-6-7-13(15)8-10-19-12(4)11(2)3/h11-13H,5-10,16H2,1-4H3. The van der Waals surface area contributed by atoms with E-state index in [4.69, 9.17) is 15.2 Å². The van der Waals surface area contributed by atoms with E-state index in [1.807, 2.05) is 6.92 Å². The molecule has 0 bridgehead atoms. The second kappa shape index (κ2) is 7.25. The lowest BCUT2D eigenvalue weighted by molar-refractivity contribution is -0.151. The van der Waals surface area contributed by atoms with Gasteiger partial charge >= 0.3 is 5.97 Å². The first-order valence-electron chi connectivity index (χ1n) is 7.49. The van der Waals surface area contributed by atoms with Crippen LogP contribution in [0.4, 0.5) is 0 Å². The molecule has 1 rings (SSSR count). The van der Waals surface area contributed by atoms with Gasteiger partial charge in [-0.3, -0.25) is 4.79 Å². The third-order valence-electron chi connectivity index (χ3n) is 4.31. The van der Waals surface area contributed by atoms with Gasteiger partial charge in [0, 0.05) is 6.61 Å². The third kappa shape index (κ3) is 4.18. The van der Waals surface area contributed by atoms with Gasteiger partial charge in [0.2, 0.25) is 0 Å². The van der Waals surface area contributed by atoms with E-state index in [0.717, 1.165) is 25.7 Å². The van der Waals surface area contributed by atoms with Crippen LogP contribution in [-0.4, -0.2) is 30.8 Å². The summed E-state index contributed by atoms with van der Waals surface area (Å²) in [5.74, 6) is 0.455. The van der Waals surface area contributed by atoms with Gasteiger partial charge in [0.05, 0.1) is 12.7 Å². The number of ether oxygens (including phenoxy) is 2. The molecule has 0 aliphatic heterocycles. The molecule has 1 aliphatic carbocycles. The maximum absolute atomic E-state index is 12.0. The Morgan fingerprint density at radius 3 is 2.68 bits per heavy atom. The lowest BCUT2D eigenvalue weighted by Crippen LogP contribution is -2.52. The minimum Gasteiger partial charge on any atom is -0.465 e. The summed E-state index contributed by atoms with van der Waals surface area (Å²) in [5, 5.41) is 0. The highest BCUT2D eigenvalue weighted by atomic mass is 16.5. The first kappa shape index (κ1) is 16.4. The van der Waals surface area contributed by atoms with Crippen molar-refractivity contribution in [3.8, 4) is 0 Å². The Bertz CT molecular complexity index is 293. The number of hydrogen-bond acceptors (Lipinski definition) is 4. The molecule has 0 aromatic carbocycles. The van der Waals surface area contributed by atoms with Crippen molar-refractivity contribution in [2.24, 2.45) is 17.6 Å². The van der Waals surface area contributed by atoms with Crippen molar-refractivity contribution in [1.82, 2.24) is 0 Å². The molecule has 0 heterocycles. The van der Waals surface area contributed by atoms with Gasteiger partial charge in [0.15, 0.2) is 0 Å². The highest BCUT2D eigenvalue weighted by molar-refractivity contribution is 5.81. The lowest BCUT2D eigenvalue weighted by atomic mass is 9.86. The van der Waals surface area contributed by atoms with E-state index in [2.05, 4.69) is 20.8 Å². The van der Waals surface area contributed by atoms with E-state index in [1.54, 1.807) is 0 Å². The zero-order chi connectivity index (χ0) is 14.5. The minimum atomic E-state index is -0.791. The fraction of sp³-hybridized carbons (Fsp3) is 0.933. The average Bonchev–Trinajstić information content (AvgIpc) is 2.72. The van der Waals surface area contributed by atoms with Crippen LogP contribution in [0.15, 0.2) is 0 Å². The van der Waals surface area contributed by atoms with Gasteiger partial charge < -0.3 is 15.2 Å². The molecule has 1 aliphatic rings. The summed E-state index contributed by atoms with van der Waals surface area (Å²) in [7, 11) is 0. The largest absolute Gasteiger partial charge is 0.465 e. The Morgan fingerprint density at radius 2 is 2.11 bits per heavy atom. The Kier molecular flexibility index (Phi) is 6.27. The van der Waals surface area contributed by atoms with Gasteiger partial charge in [-0.15, -0.1) is 0 Å². The van der Waals surface area contributed by atoms with Crippen molar-refractivity contribution in [2.75, 3.05) is 13.2 Å². The molecule has 1 saturated carbocycles. The number of nitrogens with two attached hydrogens (primary N) is 1. The van der Waals surface area contributed by atoms with E-state index in [1.165, 1.54) is 0 Å². The number of esters is 1. The summed E-state index contributed by atoms with van der Waals surface area (Å²) >= 11 is 0. The topological polar surface area (TPSA) is 61.5 Å². The van der Waals surface area contributed by atoms with Gasteiger partial charge in [-0.1, -0.05) is 20.3 Å². The molecular formula is C15H29NO3. The first-order valence-corrected chi connectivity index (χ1v) is 7.49. The van der Waals surface area contributed by atoms with Crippen LogP contribution in [0.2, 0.25) is 0 Å². The summed E-state index contributed by atoms with van der Waals surface area (Å²) in [6.07, 6.45) is 3.81. The molecule has 4 nitrogen and oxygen atoms in total. The Morgan fingerprint density at radius 1 is 1.42 bits per heavy atom. The SMILES string of the molecule is CCOC(=O)C1(N)CCCC1CCOC(C)C(C)C. The fourth-order valence-corrected chi connectivity index (χ4v) is 2.63. The van der Waals surface area contributed by atoms with Crippen molar-refractivity contribution >= 4 is 5.97 Å². The van der Waals surface area contributed by atoms with Crippen LogP contribution in [-0.2, 0) is 14.3 Å². The van der Waals surface area contributed by atoms with E-state index in [-0.39, 0.29) is 18.0 Å². The number of carbonyl (C=O) groups excluding carboxylic acids is 1. The maximum Gasteiger partial charge on any atom is 0.326 e. The summed E-state index contributed by atoms with van der Waals surface area (Å²) in [4.78, 5) is 12.0. The maximum atomic E-state index is 12.0. The molecule has 2 N–H and O–H groups in total. The average molecular weight is 271 g/mol. The zero-order valence-electron chi connectivity index (χ0n) is 12.8. The quantitative estimate of drug-likeness (QED) is 0.723. The van der Waals surface area contributed by atoms with Crippen molar-refractivity contribution < 1.29 is 14.3 Å². The van der Waals surface area contributed by atoms with Crippen molar-refractivity contribution in [2.45, 2.75) is 65.0 Å². The number of hydrogen-bond donors (Lipinski definition) is 1. The third-order valence-corrected chi connectivity index (χ3v) is 4.31. The van der Waals surface area contributed by atoms with Gasteiger partial charge in [0.1, 0.15) is 5.54 Å². The van der Waals surface area contributed by atoms with Crippen LogP contribution in [0.1, 0.15) is 53.4 Å². The van der Waals surface area contributed by atoms with Crippen molar-refractivity contribution in [3.05, 3.63) is 0 Å². The molecule has 3 atom stereocenters. The molecule has 0 amide bonds. The zero-order valence-corrected chi connectivity index (χ0v) is 12.8. The predicted molar refractivity (Wildman–Crippen MR) is 75.8 cm³/mol. The van der Waals surface area contributed by atoms with Gasteiger partial charge in [-0.2, -0.15) is 0 Å². The molecule has 0 saturated heterocycles. The van der Waals surface area contributed by atoms with E-state index in [0.29, 0.717) is 19.1 Å². The summed E-state index contributed by atoms with van der Waals surface area (Å²) in [6.45, 7) is 9.25. The Balaban J connectivity index is 2.46. The second-order valence-electron chi connectivity index (χ2n) is 5.96. The molecule has 19 heavy (non-hydrogen) atoms.